The molecule has 27 heavy (non-hydrogen) atoms. The lowest BCUT2D eigenvalue weighted by Crippen LogP contribution is -2.38. The second-order valence-electron chi connectivity index (χ2n) is 6.83. The summed E-state index contributed by atoms with van der Waals surface area (Å²) in [5, 5.41) is 16.1. The van der Waals surface area contributed by atoms with Crippen LogP contribution in [-0.4, -0.2) is 46.2 Å². The molecule has 0 aromatic carbocycles. The molecule has 1 aliphatic rings. The molecule has 0 spiro atoms. The number of aromatic nitrogens is 4. The maximum Gasteiger partial charge on any atom is 0.228 e. The number of morpholine rings is 1. The van der Waals surface area contributed by atoms with Gasteiger partial charge in [-0.05, 0) is 17.4 Å². The Balaban J connectivity index is 1.48. The van der Waals surface area contributed by atoms with E-state index in [1.54, 1.807) is 23.1 Å². The third kappa shape index (κ3) is 4.36. The highest BCUT2D eigenvalue weighted by molar-refractivity contribution is 7.98. The second kappa shape index (κ2) is 8.45. The predicted octanol–water partition coefficient (Wildman–Crippen LogP) is 3.78. The Morgan fingerprint density at radius 3 is 2.85 bits per heavy atom. The summed E-state index contributed by atoms with van der Waals surface area (Å²) in [6, 6.07) is 6.05. The van der Waals surface area contributed by atoms with Crippen molar-refractivity contribution in [1.82, 2.24) is 19.9 Å². The third-order valence-corrected chi connectivity index (χ3v) is 6.10. The molecule has 1 fully saturated rings. The first-order valence-corrected chi connectivity index (χ1v) is 11.0. The number of hydrogen-bond acceptors (Lipinski definition) is 8. The number of nitrogens with zero attached hydrogens (tertiary/aromatic N) is 5. The fourth-order valence-corrected chi connectivity index (χ4v) is 4.46. The highest BCUT2D eigenvalue weighted by atomic mass is 32.2. The molecule has 7 nitrogen and oxygen atoms in total. The van der Waals surface area contributed by atoms with Gasteiger partial charge in [0.1, 0.15) is 0 Å². The highest BCUT2D eigenvalue weighted by Crippen LogP contribution is 2.29. The SMILES string of the molecule is CC(C)Cn1c(SCc2cc(-c3cccs3)on2)nnc1N1CCOCC1. The average Bonchev–Trinajstić information content (AvgIpc) is 3.41. The van der Waals surface area contributed by atoms with Gasteiger partial charge in [-0.3, -0.25) is 4.57 Å². The molecule has 144 valence electrons. The van der Waals surface area contributed by atoms with Crippen molar-refractivity contribution in [2.75, 3.05) is 31.2 Å². The summed E-state index contributed by atoms with van der Waals surface area (Å²) in [5.74, 6) is 2.97. The van der Waals surface area contributed by atoms with Crippen LogP contribution in [0.2, 0.25) is 0 Å². The van der Waals surface area contributed by atoms with E-state index in [1.807, 2.05) is 23.6 Å². The molecule has 0 radical (unpaired) electrons. The van der Waals surface area contributed by atoms with Gasteiger partial charge in [0.15, 0.2) is 10.9 Å². The standard InChI is InChI=1S/C18H23N5O2S2/c1-13(2)11-23-17(22-5-7-24-8-6-22)19-20-18(23)27-12-14-10-15(25-21-14)16-4-3-9-26-16/h3-4,9-10,13H,5-8,11-12H2,1-2H3. The van der Waals surface area contributed by atoms with Crippen LogP contribution in [0.3, 0.4) is 0 Å². The van der Waals surface area contributed by atoms with Crippen molar-refractivity contribution in [1.29, 1.82) is 0 Å². The van der Waals surface area contributed by atoms with Crippen LogP contribution in [0, 0.1) is 5.92 Å². The van der Waals surface area contributed by atoms with E-state index in [1.165, 1.54) is 0 Å². The molecule has 0 aliphatic carbocycles. The fraction of sp³-hybridized carbons (Fsp3) is 0.500. The van der Waals surface area contributed by atoms with Crippen LogP contribution in [0.1, 0.15) is 19.5 Å². The molecule has 1 saturated heterocycles. The van der Waals surface area contributed by atoms with Crippen LogP contribution in [0.4, 0.5) is 5.95 Å². The smallest absolute Gasteiger partial charge is 0.228 e. The van der Waals surface area contributed by atoms with Crippen molar-refractivity contribution in [2.45, 2.75) is 31.3 Å². The molecule has 0 bridgehead atoms. The fourth-order valence-electron chi connectivity index (χ4n) is 2.96. The van der Waals surface area contributed by atoms with E-state index in [-0.39, 0.29) is 0 Å². The Labute approximate surface area is 166 Å². The maximum absolute atomic E-state index is 5.47. The Kier molecular flexibility index (Phi) is 5.80. The maximum atomic E-state index is 5.47. The van der Waals surface area contributed by atoms with Crippen molar-refractivity contribution >= 4 is 29.0 Å². The van der Waals surface area contributed by atoms with E-state index in [0.717, 1.165) is 60.3 Å². The molecule has 4 heterocycles. The van der Waals surface area contributed by atoms with E-state index in [9.17, 15) is 0 Å². The molecular formula is C18H23N5O2S2. The lowest BCUT2D eigenvalue weighted by atomic mass is 10.2. The van der Waals surface area contributed by atoms with Crippen LogP contribution >= 0.6 is 23.1 Å². The zero-order valence-corrected chi connectivity index (χ0v) is 17.1. The van der Waals surface area contributed by atoms with E-state index >= 15 is 0 Å². The van der Waals surface area contributed by atoms with Crippen molar-refractivity contribution in [3.05, 3.63) is 29.3 Å². The summed E-state index contributed by atoms with van der Waals surface area (Å²) in [4.78, 5) is 3.35. The van der Waals surface area contributed by atoms with Gasteiger partial charge in [-0.1, -0.05) is 36.8 Å². The molecule has 9 heteroatoms. The third-order valence-electron chi connectivity index (χ3n) is 4.21. The Morgan fingerprint density at radius 1 is 1.26 bits per heavy atom. The van der Waals surface area contributed by atoms with Crippen molar-refractivity contribution in [3.8, 4) is 10.6 Å². The number of ether oxygens (including phenoxy) is 1. The molecular weight excluding hydrogens is 382 g/mol. The average molecular weight is 406 g/mol. The van der Waals surface area contributed by atoms with Crippen LogP contribution < -0.4 is 4.90 Å². The molecule has 4 rings (SSSR count). The number of thiophene rings is 1. The normalized spacial score (nSPS) is 15.0. The van der Waals surface area contributed by atoms with Crippen molar-refractivity contribution in [3.63, 3.8) is 0 Å². The first kappa shape index (κ1) is 18.5. The Hall–Kier alpha value is -1.84. The summed E-state index contributed by atoms with van der Waals surface area (Å²) in [6.07, 6.45) is 0. The second-order valence-corrected chi connectivity index (χ2v) is 8.73. The van der Waals surface area contributed by atoms with E-state index < -0.39 is 0 Å². The van der Waals surface area contributed by atoms with Crippen LogP contribution in [0.25, 0.3) is 10.6 Å². The number of anilines is 1. The lowest BCUT2D eigenvalue weighted by molar-refractivity contribution is 0.121. The number of hydrogen-bond donors (Lipinski definition) is 0. The van der Waals surface area contributed by atoms with Crippen LogP contribution in [0.15, 0.2) is 33.3 Å². The molecule has 0 saturated carbocycles. The number of thioether (sulfide) groups is 1. The molecule has 0 N–H and O–H groups in total. The minimum atomic E-state index is 0.512. The van der Waals surface area contributed by atoms with Gasteiger partial charge in [0.25, 0.3) is 0 Å². The highest BCUT2D eigenvalue weighted by Gasteiger charge is 2.21. The zero-order valence-electron chi connectivity index (χ0n) is 15.5. The van der Waals surface area contributed by atoms with Crippen molar-refractivity contribution < 1.29 is 9.26 Å². The van der Waals surface area contributed by atoms with E-state index in [0.29, 0.717) is 11.7 Å². The first-order chi connectivity index (χ1) is 13.2. The molecule has 0 unspecified atom stereocenters. The largest absolute Gasteiger partial charge is 0.378 e. The molecule has 0 amide bonds. The quantitative estimate of drug-likeness (QED) is 0.554. The topological polar surface area (TPSA) is 69.2 Å². The molecule has 3 aromatic rings. The van der Waals surface area contributed by atoms with Crippen LogP contribution in [-0.2, 0) is 17.0 Å². The van der Waals surface area contributed by atoms with Gasteiger partial charge in [-0.2, -0.15) is 0 Å². The Morgan fingerprint density at radius 2 is 2.11 bits per heavy atom. The molecule has 1 aliphatic heterocycles. The van der Waals surface area contributed by atoms with Gasteiger partial charge in [-0.25, -0.2) is 0 Å². The van der Waals surface area contributed by atoms with Crippen LogP contribution in [0.5, 0.6) is 0 Å². The summed E-state index contributed by atoms with van der Waals surface area (Å²) in [5.41, 5.74) is 0.912. The van der Waals surface area contributed by atoms with E-state index in [2.05, 4.69) is 38.7 Å². The van der Waals surface area contributed by atoms with Gasteiger partial charge >= 0.3 is 0 Å². The van der Waals surface area contributed by atoms with Gasteiger partial charge in [0, 0.05) is 31.5 Å². The first-order valence-electron chi connectivity index (χ1n) is 9.09. The summed E-state index contributed by atoms with van der Waals surface area (Å²) < 4.78 is 13.2. The predicted molar refractivity (Wildman–Crippen MR) is 107 cm³/mol. The summed E-state index contributed by atoms with van der Waals surface area (Å²) in [6.45, 7) is 8.50. The zero-order chi connectivity index (χ0) is 18.6. The van der Waals surface area contributed by atoms with Gasteiger partial charge in [0.2, 0.25) is 5.95 Å². The van der Waals surface area contributed by atoms with Gasteiger partial charge < -0.3 is 14.2 Å². The summed E-state index contributed by atoms with van der Waals surface area (Å²) in [7, 11) is 0. The lowest BCUT2D eigenvalue weighted by Gasteiger charge is -2.28. The van der Waals surface area contributed by atoms with Gasteiger partial charge in [0.05, 0.1) is 23.8 Å². The van der Waals surface area contributed by atoms with Gasteiger partial charge in [-0.15, -0.1) is 21.5 Å². The Bertz CT molecular complexity index is 853. The van der Waals surface area contributed by atoms with E-state index in [4.69, 9.17) is 9.26 Å². The minimum Gasteiger partial charge on any atom is -0.378 e. The number of rotatable bonds is 7. The minimum absolute atomic E-state index is 0.512. The molecule has 0 atom stereocenters. The summed E-state index contributed by atoms with van der Waals surface area (Å²) >= 11 is 3.30. The monoisotopic (exact) mass is 405 g/mol. The molecule has 3 aromatic heterocycles. The van der Waals surface area contributed by atoms with Crippen molar-refractivity contribution in [2.24, 2.45) is 5.92 Å².